The van der Waals surface area contributed by atoms with E-state index in [-0.39, 0.29) is 5.91 Å². The highest BCUT2D eigenvalue weighted by Crippen LogP contribution is 2.06. The van der Waals surface area contributed by atoms with Gasteiger partial charge < -0.3 is 10.4 Å². The van der Waals surface area contributed by atoms with E-state index in [1.54, 1.807) is 0 Å². The van der Waals surface area contributed by atoms with Crippen molar-refractivity contribution < 1.29 is 9.90 Å². The second-order valence-electron chi connectivity index (χ2n) is 5.77. The van der Waals surface area contributed by atoms with Crippen molar-refractivity contribution in [3.05, 3.63) is 0 Å². The van der Waals surface area contributed by atoms with Gasteiger partial charge in [-0.15, -0.1) is 0 Å². The Hall–Kier alpha value is -0.610. The van der Waals surface area contributed by atoms with E-state index >= 15 is 0 Å². The summed E-state index contributed by atoms with van der Waals surface area (Å²) in [6, 6.07) is 0. The van der Waals surface area contributed by atoms with Crippen LogP contribution in [-0.4, -0.2) is 42.3 Å². The van der Waals surface area contributed by atoms with Crippen molar-refractivity contribution in [3.8, 4) is 0 Å². The largest absolute Gasteiger partial charge is 0.396 e. The summed E-state index contributed by atoms with van der Waals surface area (Å²) in [7, 11) is 0. The molecule has 0 aromatic rings. The minimum Gasteiger partial charge on any atom is -0.396 e. The number of hydrogen-bond acceptors (Lipinski definition) is 3. The van der Waals surface area contributed by atoms with Crippen LogP contribution in [0, 0.1) is 0 Å². The minimum absolute atomic E-state index is 0.186. The normalized spacial score (nSPS) is 11.0. The van der Waals surface area contributed by atoms with Gasteiger partial charge in [-0.05, 0) is 32.4 Å². The lowest BCUT2D eigenvalue weighted by molar-refractivity contribution is -0.121. The summed E-state index contributed by atoms with van der Waals surface area (Å²) in [5.41, 5.74) is 0. The van der Waals surface area contributed by atoms with E-state index in [0.717, 1.165) is 45.2 Å². The maximum absolute atomic E-state index is 11.7. The predicted octanol–water partition coefficient (Wildman–Crippen LogP) is 3.30. The summed E-state index contributed by atoms with van der Waals surface area (Å²) in [6.07, 6.45) is 11.0. The molecule has 0 bridgehead atoms. The first kappa shape index (κ1) is 20.4. The van der Waals surface area contributed by atoms with Crippen LogP contribution in [-0.2, 0) is 4.79 Å². The zero-order chi connectivity index (χ0) is 15.8. The molecule has 0 aromatic heterocycles. The Bertz CT molecular complexity index is 235. The summed E-state index contributed by atoms with van der Waals surface area (Å²) >= 11 is 0. The van der Waals surface area contributed by atoms with Crippen LogP contribution in [0.4, 0.5) is 0 Å². The van der Waals surface area contributed by atoms with Gasteiger partial charge in [0.1, 0.15) is 0 Å². The zero-order valence-electron chi connectivity index (χ0n) is 14.2. The van der Waals surface area contributed by atoms with Crippen LogP contribution < -0.4 is 5.32 Å². The summed E-state index contributed by atoms with van der Waals surface area (Å²) in [5, 5.41) is 11.7. The lowest BCUT2D eigenvalue weighted by atomic mass is 10.1. The highest BCUT2D eigenvalue weighted by Gasteiger charge is 2.05. The van der Waals surface area contributed by atoms with Crippen molar-refractivity contribution in [2.24, 2.45) is 0 Å². The third kappa shape index (κ3) is 14.1. The van der Waals surface area contributed by atoms with Crippen LogP contribution in [0.25, 0.3) is 0 Å². The molecule has 4 heteroatoms. The molecular formula is C17H36N2O2. The fourth-order valence-electron chi connectivity index (χ4n) is 2.33. The molecule has 0 saturated carbocycles. The van der Waals surface area contributed by atoms with Gasteiger partial charge in [0.15, 0.2) is 0 Å². The molecule has 126 valence electrons. The smallest absolute Gasteiger partial charge is 0.220 e. The first-order valence-electron chi connectivity index (χ1n) is 8.84. The van der Waals surface area contributed by atoms with E-state index in [0.29, 0.717) is 19.7 Å². The number of carbonyl (C=O) groups is 1. The SMILES string of the molecule is CCCCCC(=O)NCN(CC)CCCCCCCCO. The highest BCUT2D eigenvalue weighted by molar-refractivity contribution is 5.75. The Balaban J connectivity index is 3.50. The summed E-state index contributed by atoms with van der Waals surface area (Å²) in [4.78, 5) is 14.0. The monoisotopic (exact) mass is 300 g/mol. The molecule has 4 nitrogen and oxygen atoms in total. The molecule has 0 spiro atoms. The van der Waals surface area contributed by atoms with Crippen LogP contribution in [0.1, 0.15) is 78.1 Å². The Morgan fingerprint density at radius 2 is 1.62 bits per heavy atom. The molecule has 0 aromatic carbocycles. The second-order valence-corrected chi connectivity index (χ2v) is 5.77. The number of carbonyl (C=O) groups excluding carboxylic acids is 1. The third-order valence-corrected chi connectivity index (χ3v) is 3.84. The van der Waals surface area contributed by atoms with Gasteiger partial charge in [-0.25, -0.2) is 0 Å². The van der Waals surface area contributed by atoms with Gasteiger partial charge in [-0.2, -0.15) is 0 Å². The molecule has 0 radical (unpaired) electrons. The number of nitrogens with zero attached hydrogens (tertiary/aromatic N) is 1. The molecule has 0 heterocycles. The van der Waals surface area contributed by atoms with Gasteiger partial charge in [0.05, 0.1) is 6.67 Å². The number of amides is 1. The van der Waals surface area contributed by atoms with Gasteiger partial charge in [0.25, 0.3) is 0 Å². The van der Waals surface area contributed by atoms with E-state index in [9.17, 15) is 4.79 Å². The maximum Gasteiger partial charge on any atom is 0.220 e. The Kier molecular flexibility index (Phi) is 15.3. The third-order valence-electron chi connectivity index (χ3n) is 3.84. The van der Waals surface area contributed by atoms with E-state index < -0.39 is 0 Å². The number of rotatable bonds is 15. The first-order valence-corrected chi connectivity index (χ1v) is 8.84. The van der Waals surface area contributed by atoms with Gasteiger partial charge in [-0.1, -0.05) is 52.4 Å². The average Bonchev–Trinajstić information content (AvgIpc) is 2.49. The van der Waals surface area contributed by atoms with Crippen molar-refractivity contribution >= 4 is 5.91 Å². The van der Waals surface area contributed by atoms with E-state index in [2.05, 4.69) is 24.1 Å². The van der Waals surface area contributed by atoms with Gasteiger partial charge >= 0.3 is 0 Å². The molecule has 2 N–H and O–H groups in total. The molecule has 0 aliphatic heterocycles. The Morgan fingerprint density at radius 3 is 2.24 bits per heavy atom. The lowest BCUT2D eigenvalue weighted by Crippen LogP contribution is -2.38. The fraction of sp³-hybridized carbons (Fsp3) is 0.941. The van der Waals surface area contributed by atoms with E-state index in [1.807, 2.05) is 0 Å². The van der Waals surface area contributed by atoms with Crippen LogP contribution in [0.2, 0.25) is 0 Å². The quantitative estimate of drug-likeness (QED) is 0.360. The summed E-state index contributed by atoms with van der Waals surface area (Å²) in [6.45, 7) is 7.35. The highest BCUT2D eigenvalue weighted by atomic mass is 16.2. The van der Waals surface area contributed by atoms with Crippen LogP contribution >= 0.6 is 0 Å². The number of hydrogen-bond donors (Lipinski definition) is 2. The predicted molar refractivity (Wildman–Crippen MR) is 89.2 cm³/mol. The van der Waals surface area contributed by atoms with Crippen molar-refractivity contribution in [2.75, 3.05) is 26.4 Å². The maximum atomic E-state index is 11.7. The van der Waals surface area contributed by atoms with Gasteiger partial charge in [0.2, 0.25) is 5.91 Å². The van der Waals surface area contributed by atoms with Crippen molar-refractivity contribution in [2.45, 2.75) is 78.1 Å². The molecule has 0 fully saturated rings. The number of aliphatic hydroxyl groups excluding tert-OH is 1. The Labute approximate surface area is 131 Å². The Morgan fingerprint density at radius 1 is 0.952 bits per heavy atom. The molecule has 0 rings (SSSR count). The van der Waals surface area contributed by atoms with Crippen molar-refractivity contribution in [1.29, 1.82) is 0 Å². The topological polar surface area (TPSA) is 52.6 Å². The average molecular weight is 300 g/mol. The molecule has 0 saturated heterocycles. The first-order chi connectivity index (χ1) is 10.2. The van der Waals surface area contributed by atoms with Crippen LogP contribution in [0.15, 0.2) is 0 Å². The van der Waals surface area contributed by atoms with Crippen LogP contribution in [0.3, 0.4) is 0 Å². The van der Waals surface area contributed by atoms with Gasteiger partial charge in [-0.3, -0.25) is 9.69 Å². The number of aliphatic hydroxyl groups is 1. The van der Waals surface area contributed by atoms with Crippen molar-refractivity contribution in [1.82, 2.24) is 10.2 Å². The molecule has 0 aliphatic carbocycles. The molecule has 0 unspecified atom stereocenters. The minimum atomic E-state index is 0.186. The fourth-order valence-corrected chi connectivity index (χ4v) is 2.33. The number of nitrogens with one attached hydrogen (secondary N) is 1. The van der Waals surface area contributed by atoms with Crippen LogP contribution in [0.5, 0.6) is 0 Å². The lowest BCUT2D eigenvalue weighted by Gasteiger charge is -2.20. The summed E-state index contributed by atoms with van der Waals surface area (Å²) in [5.74, 6) is 0.186. The van der Waals surface area contributed by atoms with E-state index in [4.69, 9.17) is 5.11 Å². The molecule has 0 aliphatic rings. The summed E-state index contributed by atoms with van der Waals surface area (Å²) < 4.78 is 0. The zero-order valence-corrected chi connectivity index (χ0v) is 14.2. The molecule has 21 heavy (non-hydrogen) atoms. The standard InChI is InChI=1S/C17H36N2O2/c1-3-5-10-13-17(21)18-16-19(4-2)14-11-8-6-7-9-12-15-20/h20H,3-16H2,1-2H3,(H,18,21). The number of unbranched alkanes of at least 4 members (excludes halogenated alkanes) is 7. The molecule has 1 amide bonds. The molecule has 0 atom stereocenters. The molecular weight excluding hydrogens is 264 g/mol. The second kappa shape index (κ2) is 15.8. The van der Waals surface area contributed by atoms with E-state index in [1.165, 1.54) is 25.7 Å². The van der Waals surface area contributed by atoms with Crippen molar-refractivity contribution in [3.63, 3.8) is 0 Å². The van der Waals surface area contributed by atoms with Gasteiger partial charge in [0, 0.05) is 13.0 Å².